The summed E-state index contributed by atoms with van der Waals surface area (Å²) in [6, 6.07) is 5.63. The van der Waals surface area contributed by atoms with Gasteiger partial charge in [-0.2, -0.15) is 5.10 Å². The number of fused-ring (bicyclic) bond motifs is 1. The van der Waals surface area contributed by atoms with E-state index in [0.717, 1.165) is 36.3 Å². The van der Waals surface area contributed by atoms with Gasteiger partial charge in [-0.1, -0.05) is 0 Å². The lowest BCUT2D eigenvalue weighted by atomic mass is 9.92. The van der Waals surface area contributed by atoms with Crippen molar-refractivity contribution in [3.63, 3.8) is 0 Å². The van der Waals surface area contributed by atoms with Crippen LogP contribution < -0.4 is 9.64 Å². The SMILES string of the molecule is CCN1c2ccc(-c3cnn(C4CC4)c3)c(OCCOC)c2CC[C@@H]1C. The molecule has 4 rings (SSSR count). The summed E-state index contributed by atoms with van der Waals surface area (Å²) in [7, 11) is 1.71. The molecule has 2 aliphatic rings. The Labute approximate surface area is 155 Å². The molecule has 0 radical (unpaired) electrons. The summed E-state index contributed by atoms with van der Waals surface area (Å²) in [6.45, 7) is 6.72. The summed E-state index contributed by atoms with van der Waals surface area (Å²) >= 11 is 0. The van der Waals surface area contributed by atoms with Crippen molar-refractivity contribution >= 4 is 5.69 Å². The van der Waals surface area contributed by atoms with E-state index in [2.05, 4.69) is 46.9 Å². The highest BCUT2D eigenvalue weighted by atomic mass is 16.5. The fourth-order valence-corrected chi connectivity index (χ4v) is 3.99. The maximum Gasteiger partial charge on any atom is 0.132 e. The number of nitrogens with zero attached hydrogens (tertiary/aromatic N) is 3. The monoisotopic (exact) mass is 355 g/mol. The zero-order valence-corrected chi connectivity index (χ0v) is 16.1. The molecule has 0 bridgehead atoms. The zero-order chi connectivity index (χ0) is 18.1. The lowest BCUT2D eigenvalue weighted by Gasteiger charge is -2.37. The fourth-order valence-electron chi connectivity index (χ4n) is 3.99. The number of anilines is 1. The fraction of sp³-hybridized carbons (Fsp3) is 0.571. The van der Waals surface area contributed by atoms with Crippen molar-refractivity contribution in [2.45, 2.75) is 51.6 Å². The minimum Gasteiger partial charge on any atom is -0.490 e. The van der Waals surface area contributed by atoms with Gasteiger partial charge in [0.2, 0.25) is 0 Å². The van der Waals surface area contributed by atoms with Crippen molar-refractivity contribution < 1.29 is 9.47 Å². The van der Waals surface area contributed by atoms with Gasteiger partial charge in [-0.25, -0.2) is 0 Å². The molecule has 0 N–H and O–H groups in total. The lowest BCUT2D eigenvalue weighted by molar-refractivity contribution is 0.146. The van der Waals surface area contributed by atoms with Gasteiger partial charge in [0.1, 0.15) is 12.4 Å². The van der Waals surface area contributed by atoms with Crippen LogP contribution in [0, 0.1) is 0 Å². The van der Waals surface area contributed by atoms with E-state index < -0.39 is 0 Å². The highest BCUT2D eigenvalue weighted by Gasteiger charge is 2.28. The molecular weight excluding hydrogens is 326 g/mol. The molecule has 0 spiro atoms. The van der Waals surface area contributed by atoms with Crippen LogP contribution in [0.15, 0.2) is 24.5 Å². The maximum absolute atomic E-state index is 6.26. The Hall–Kier alpha value is -2.01. The molecule has 1 saturated carbocycles. The number of benzene rings is 1. The summed E-state index contributed by atoms with van der Waals surface area (Å²) < 4.78 is 13.6. The molecule has 0 amide bonds. The smallest absolute Gasteiger partial charge is 0.132 e. The molecule has 140 valence electrons. The molecule has 1 aliphatic carbocycles. The Bertz CT molecular complexity index is 767. The zero-order valence-electron chi connectivity index (χ0n) is 16.1. The largest absolute Gasteiger partial charge is 0.490 e. The highest BCUT2D eigenvalue weighted by molar-refractivity contribution is 5.77. The quantitative estimate of drug-likeness (QED) is 0.702. The van der Waals surface area contributed by atoms with Crippen molar-refractivity contribution in [1.29, 1.82) is 0 Å². The van der Waals surface area contributed by atoms with Gasteiger partial charge in [-0.15, -0.1) is 0 Å². The Morgan fingerprint density at radius 3 is 2.77 bits per heavy atom. The molecule has 26 heavy (non-hydrogen) atoms. The van der Waals surface area contributed by atoms with E-state index in [1.54, 1.807) is 7.11 Å². The maximum atomic E-state index is 6.26. The average molecular weight is 355 g/mol. The number of ether oxygens (including phenoxy) is 2. The molecule has 0 saturated heterocycles. The Morgan fingerprint density at radius 1 is 1.19 bits per heavy atom. The van der Waals surface area contributed by atoms with Gasteiger partial charge in [0, 0.05) is 48.3 Å². The average Bonchev–Trinajstić information content (AvgIpc) is 3.39. The first-order chi connectivity index (χ1) is 12.7. The summed E-state index contributed by atoms with van der Waals surface area (Å²) in [5.74, 6) is 1.01. The first-order valence-corrected chi connectivity index (χ1v) is 9.81. The van der Waals surface area contributed by atoms with E-state index in [9.17, 15) is 0 Å². The Balaban J connectivity index is 1.74. The van der Waals surface area contributed by atoms with E-state index >= 15 is 0 Å². The van der Waals surface area contributed by atoms with Crippen LogP contribution >= 0.6 is 0 Å². The molecule has 2 aromatic rings. The molecular formula is C21H29N3O2. The normalized spacial score (nSPS) is 19.5. The third-order valence-electron chi connectivity index (χ3n) is 5.60. The van der Waals surface area contributed by atoms with Crippen LogP contribution in [-0.2, 0) is 11.2 Å². The number of hydrogen-bond donors (Lipinski definition) is 0. The Kier molecular flexibility index (Phi) is 4.90. The van der Waals surface area contributed by atoms with Crippen LogP contribution in [0.3, 0.4) is 0 Å². The molecule has 1 atom stereocenters. The molecule has 1 fully saturated rings. The number of methoxy groups -OCH3 is 1. The highest BCUT2D eigenvalue weighted by Crippen LogP contribution is 2.43. The molecule has 1 aliphatic heterocycles. The number of hydrogen-bond acceptors (Lipinski definition) is 4. The Morgan fingerprint density at radius 2 is 2.04 bits per heavy atom. The van der Waals surface area contributed by atoms with E-state index in [1.807, 2.05) is 6.20 Å². The van der Waals surface area contributed by atoms with Gasteiger partial charge in [-0.05, 0) is 51.7 Å². The van der Waals surface area contributed by atoms with Crippen LogP contribution in [0.5, 0.6) is 5.75 Å². The van der Waals surface area contributed by atoms with Gasteiger partial charge in [0.15, 0.2) is 0 Å². The molecule has 0 unspecified atom stereocenters. The van der Waals surface area contributed by atoms with Gasteiger partial charge in [-0.3, -0.25) is 4.68 Å². The third-order valence-corrected chi connectivity index (χ3v) is 5.60. The van der Waals surface area contributed by atoms with Crippen LogP contribution in [0.4, 0.5) is 5.69 Å². The van der Waals surface area contributed by atoms with E-state index in [1.165, 1.54) is 24.1 Å². The van der Waals surface area contributed by atoms with Gasteiger partial charge < -0.3 is 14.4 Å². The number of aromatic nitrogens is 2. The van der Waals surface area contributed by atoms with Crippen molar-refractivity contribution in [3.8, 4) is 16.9 Å². The van der Waals surface area contributed by atoms with Crippen LogP contribution in [-0.4, -0.2) is 42.7 Å². The minimum absolute atomic E-state index is 0.568. The van der Waals surface area contributed by atoms with Gasteiger partial charge in [0.25, 0.3) is 0 Å². The van der Waals surface area contributed by atoms with Crippen molar-refractivity contribution in [2.75, 3.05) is 31.8 Å². The second kappa shape index (κ2) is 7.31. The van der Waals surface area contributed by atoms with E-state index in [-0.39, 0.29) is 0 Å². The second-order valence-electron chi connectivity index (χ2n) is 7.40. The predicted molar refractivity (Wildman–Crippen MR) is 104 cm³/mol. The first-order valence-electron chi connectivity index (χ1n) is 9.81. The topological polar surface area (TPSA) is 39.5 Å². The van der Waals surface area contributed by atoms with Crippen molar-refractivity contribution in [1.82, 2.24) is 9.78 Å². The molecule has 5 heteroatoms. The minimum atomic E-state index is 0.568. The first kappa shape index (κ1) is 17.4. The second-order valence-corrected chi connectivity index (χ2v) is 7.40. The third kappa shape index (κ3) is 3.20. The van der Waals surface area contributed by atoms with Crippen LogP contribution in [0.2, 0.25) is 0 Å². The summed E-state index contributed by atoms with van der Waals surface area (Å²) in [4.78, 5) is 2.49. The predicted octanol–water partition coefficient (Wildman–Crippen LogP) is 4.07. The molecule has 5 nitrogen and oxygen atoms in total. The summed E-state index contributed by atoms with van der Waals surface area (Å²) in [5, 5.41) is 4.57. The van der Waals surface area contributed by atoms with Crippen molar-refractivity contribution in [2.24, 2.45) is 0 Å². The standard InChI is InChI=1S/C21H29N3O2/c1-4-23-15(2)5-8-19-20(23)10-9-18(21(19)26-12-11-25-3)16-13-22-24(14-16)17-6-7-17/h9-10,13-15,17H,4-8,11-12H2,1-3H3/t15-/m0/s1. The molecule has 1 aromatic heterocycles. The summed E-state index contributed by atoms with van der Waals surface area (Å²) in [5.41, 5.74) is 4.95. The molecule has 2 heterocycles. The summed E-state index contributed by atoms with van der Waals surface area (Å²) in [6.07, 6.45) is 8.85. The molecule has 1 aromatic carbocycles. The van der Waals surface area contributed by atoms with Crippen molar-refractivity contribution in [3.05, 3.63) is 30.1 Å². The van der Waals surface area contributed by atoms with E-state index in [4.69, 9.17) is 9.47 Å². The van der Waals surface area contributed by atoms with Gasteiger partial charge >= 0.3 is 0 Å². The lowest BCUT2D eigenvalue weighted by Crippen LogP contribution is -2.37. The number of rotatable bonds is 7. The van der Waals surface area contributed by atoms with Gasteiger partial charge in [0.05, 0.1) is 18.8 Å². The van der Waals surface area contributed by atoms with Crippen LogP contribution in [0.1, 0.15) is 44.7 Å². The van der Waals surface area contributed by atoms with E-state index in [0.29, 0.717) is 25.3 Å². The van der Waals surface area contributed by atoms with Crippen LogP contribution in [0.25, 0.3) is 11.1 Å².